The van der Waals surface area contributed by atoms with Crippen molar-refractivity contribution in [1.29, 1.82) is 0 Å². The molecule has 8 heteroatoms. The molecule has 0 radical (unpaired) electrons. The second-order valence-corrected chi connectivity index (χ2v) is 7.31. The van der Waals surface area contributed by atoms with Crippen LogP contribution in [0.4, 0.5) is 0 Å². The van der Waals surface area contributed by atoms with E-state index in [2.05, 4.69) is 6.58 Å². The maximum atomic E-state index is 13.2. The van der Waals surface area contributed by atoms with Crippen molar-refractivity contribution in [2.24, 2.45) is 5.92 Å². The van der Waals surface area contributed by atoms with Gasteiger partial charge < -0.3 is 28.4 Å². The van der Waals surface area contributed by atoms with Crippen LogP contribution in [0, 0.1) is 5.92 Å². The zero-order valence-electron chi connectivity index (χ0n) is 18.4. The Balaban J connectivity index is 1.98. The molecule has 0 N–H and O–H groups in total. The highest BCUT2D eigenvalue weighted by molar-refractivity contribution is 6.14. The summed E-state index contributed by atoms with van der Waals surface area (Å²) in [5, 5.41) is 0. The van der Waals surface area contributed by atoms with Crippen LogP contribution in [-0.4, -0.2) is 46.5 Å². The van der Waals surface area contributed by atoms with Gasteiger partial charge in [-0.05, 0) is 42.3 Å². The third-order valence-electron chi connectivity index (χ3n) is 5.71. The first-order valence-corrected chi connectivity index (χ1v) is 10.1. The van der Waals surface area contributed by atoms with Crippen molar-refractivity contribution in [2.45, 2.75) is 12.8 Å². The minimum atomic E-state index is -0.932. The van der Waals surface area contributed by atoms with Crippen LogP contribution in [-0.2, 0) is 9.53 Å². The molecule has 2 aromatic rings. The molecule has 0 bridgehead atoms. The van der Waals surface area contributed by atoms with Gasteiger partial charge in [0.05, 0.1) is 33.9 Å². The van der Waals surface area contributed by atoms with E-state index in [0.29, 0.717) is 45.4 Å². The van der Waals surface area contributed by atoms with Crippen LogP contribution in [0.1, 0.15) is 34.3 Å². The van der Waals surface area contributed by atoms with Crippen LogP contribution in [0.25, 0.3) is 0 Å². The lowest BCUT2D eigenvalue weighted by Gasteiger charge is -2.34. The monoisotopic (exact) mass is 440 g/mol. The van der Waals surface area contributed by atoms with Crippen molar-refractivity contribution in [1.82, 2.24) is 0 Å². The van der Waals surface area contributed by atoms with Gasteiger partial charge in [0, 0.05) is 17.1 Å². The van der Waals surface area contributed by atoms with Crippen molar-refractivity contribution in [3.8, 4) is 28.7 Å². The smallest absolute Gasteiger partial charge is 0.314 e. The fourth-order valence-corrected chi connectivity index (χ4v) is 4.27. The van der Waals surface area contributed by atoms with Crippen molar-refractivity contribution < 1.29 is 38.0 Å². The maximum Gasteiger partial charge on any atom is 0.314 e. The predicted molar refractivity (Wildman–Crippen MR) is 114 cm³/mol. The van der Waals surface area contributed by atoms with E-state index in [1.54, 1.807) is 31.2 Å². The molecule has 0 amide bonds. The van der Waals surface area contributed by atoms with Crippen LogP contribution in [0.3, 0.4) is 0 Å². The Morgan fingerprint density at radius 1 is 1.03 bits per heavy atom. The van der Waals surface area contributed by atoms with E-state index >= 15 is 0 Å². The summed E-state index contributed by atoms with van der Waals surface area (Å²) in [4.78, 5) is 26.2. The molecule has 4 rings (SSSR count). The molecule has 0 fully saturated rings. The van der Waals surface area contributed by atoms with E-state index < -0.39 is 17.8 Å². The minimum absolute atomic E-state index is 0.0590. The average molecular weight is 440 g/mol. The Morgan fingerprint density at radius 2 is 1.66 bits per heavy atom. The number of hydrogen-bond donors (Lipinski definition) is 0. The molecule has 1 aliphatic heterocycles. The highest BCUT2D eigenvalue weighted by atomic mass is 16.7. The topological polar surface area (TPSA) is 89.5 Å². The number of ketones is 1. The lowest BCUT2D eigenvalue weighted by atomic mass is 9.69. The lowest BCUT2D eigenvalue weighted by molar-refractivity contribution is -0.147. The number of esters is 1. The predicted octanol–water partition coefficient (Wildman–Crippen LogP) is 3.50. The Kier molecular flexibility index (Phi) is 5.69. The van der Waals surface area contributed by atoms with Gasteiger partial charge in [0.25, 0.3) is 0 Å². The molecule has 168 valence electrons. The Labute approximate surface area is 185 Å². The number of benzene rings is 2. The number of fused-ring (bicyclic) bond motifs is 2. The summed E-state index contributed by atoms with van der Waals surface area (Å²) in [6.45, 7) is 5.90. The SMILES string of the molecule is C=C1C(=O)c2cc3c(cc2[C@@H](c2cc(OC)c(OC)c(OC)c2)[C@@H]1C(=O)OCC)OCO3. The number of Topliss-reactive ketones (excluding diaryl/α,β-unsaturated/α-hetero) is 1. The third kappa shape index (κ3) is 3.32. The molecular weight excluding hydrogens is 416 g/mol. The summed E-state index contributed by atoms with van der Waals surface area (Å²) in [5.41, 5.74) is 1.83. The van der Waals surface area contributed by atoms with Gasteiger partial charge in [0.1, 0.15) is 0 Å². The van der Waals surface area contributed by atoms with E-state index in [9.17, 15) is 9.59 Å². The quantitative estimate of drug-likeness (QED) is 0.498. The molecule has 0 aromatic heterocycles. The molecule has 2 aliphatic rings. The van der Waals surface area contributed by atoms with Crippen LogP contribution < -0.4 is 23.7 Å². The van der Waals surface area contributed by atoms with Gasteiger partial charge in [-0.1, -0.05) is 6.58 Å². The molecule has 8 nitrogen and oxygen atoms in total. The molecule has 32 heavy (non-hydrogen) atoms. The van der Waals surface area contributed by atoms with E-state index in [-0.39, 0.29) is 24.8 Å². The summed E-state index contributed by atoms with van der Waals surface area (Å²) in [7, 11) is 4.54. The van der Waals surface area contributed by atoms with Gasteiger partial charge in [-0.2, -0.15) is 0 Å². The van der Waals surface area contributed by atoms with Gasteiger partial charge in [-0.15, -0.1) is 0 Å². The number of ether oxygens (including phenoxy) is 6. The average Bonchev–Trinajstić information content (AvgIpc) is 3.26. The second-order valence-electron chi connectivity index (χ2n) is 7.31. The van der Waals surface area contributed by atoms with Crippen LogP contribution in [0.15, 0.2) is 36.4 Å². The summed E-state index contributed by atoms with van der Waals surface area (Å²) in [5.74, 6) is -0.151. The second kappa shape index (κ2) is 8.45. The fraction of sp³-hybridized carbons (Fsp3) is 0.333. The number of rotatable bonds is 6. The minimum Gasteiger partial charge on any atom is -0.493 e. The van der Waals surface area contributed by atoms with E-state index in [1.165, 1.54) is 21.3 Å². The number of carbonyl (C=O) groups excluding carboxylic acids is 2. The van der Waals surface area contributed by atoms with Crippen molar-refractivity contribution in [2.75, 3.05) is 34.7 Å². The first-order chi connectivity index (χ1) is 15.4. The van der Waals surface area contributed by atoms with Crippen LogP contribution >= 0.6 is 0 Å². The van der Waals surface area contributed by atoms with Gasteiger partial charge in [0.2, 0.25) is 12.5 Å². The molecule has 0 unspecified atom stereocenters. The number of carbonyl (C=O) groups is 2. The fourth-order valence-electron chi connectivity index (χ4n) is 4.27. The largest absolute Gasteiger partial charge is 0.493 e. The molecule has 1 heterocycles. The van der Waals surface area contributed by atoms with E-state index in [1.807, 2.05) is 0 Å². The lowest BCUT2D eigenvalue weighted by Crippen LogP contribution is -2.35. The summed E-state index contributed by atoms with van der Waals surface area (Å²) in [6, 6.07) is 6.89. The first-order valence-electron chi connectivity index (χ1n) is 10.1. The van der Waals surface area contributed by atoms with Crippen molar-refractivity contribution >= 4 is 11.8 Å². The standard InChI is InChI=1S/C24H24O8/c1-6-30-24(26)20-12(2)22(25)15-10-17-16(31-11-32-17)9-14(15)21(20)13-7-18(27-3)23(29-5)19(8-13)28-4/h7-10,20-21H,2,6,11H2,1,3-5H3/t20-,21-/m1/s1. The Bertz CT molecular complexity index is 1080. The highest BCUT2D eigenvalue weighted by Crippen LogP contribution is 2.50. The molecule has 2 atom stereocenters. The first kappa shape index (κ1) is 21.5. The Hall–Kier alpha value is -3.68. The van der Waals surface area contributed by atoms with Gasteiger partial charge in [-0.3, -0.25) is 9.59 Å². The molecule has 0 spiro atoms. The molecule has 0 saturated heterocycles. The normalized spacial score (nSPS) is 18.8. The number of hydrogen-bond acceptors (Lipinski definition) is 8. The molecule has 2 aromatic carbocycles. The zero-order chi connectivity index (χ0) is 23.0. The van der Waals surface area contributed by atoms with E-state index in [0.717, 1.165) is 0 Å². The van der Waals surface area contributed by atoms with Gasteiger partial charge >= 0.3 is 5.97 Å². The van der Waals surface area contributed by atoms with Crippen LogP contribution in [0.2, 0.25) is 0 Å². The highest BCUT2D eigenvalue weighted by Gasteiger charge is 2.44. The van der Waals surface area contributed by atoms with Gasteiger partial charge in [0.15, 0.2) is 28.8 Å². The van der Waals surface area contributed by atoms with Crippen LogP contribution in [0.5, 0.6) is 28.7 Å². The molecule has 0 saturated carbocycles. The van der Waals surface area contributed by atoms with Crippen molar-refractivity contribution in [3.63, 3.8) is 0 Å². The summed E-state index contributed by atoms with van der Waals surface area (Å²) in [6.07, 6.45) is 0. The summed E-state index contributed by atoms with van der Waals surface area (Å²) >= 11 is 0. The maximum absolute atomic E-state index is 13.2. The van der Waals surface area contributed by atoms with Gasteiger partial charge in [-0.25, -0.2) is 0 Å². The van der Waals surface area contributed by atoms with E-state index in [4.69, 9.17) is 28.4 Å². The molecular formula is C24H24O8. The zero-order valence-corrected chi connectivity index (χ0v) is 18.4. The third-order valence-corrected chi connectivity index (χ3v) is 5.71. The Morgan fingerprint density at radius 3 is 2.22 bits per heavy atom. The molecule has 1 aliphatic carbocycles. The number of methoxy groups -OCH3 is 3. The van der Waals surface area contributed by atoms with Crippen molar-refractivity contribution in [3.05, 3.63) is 53.1 Å². The summed E-state index contributed by atoms with van der Waals surface area (Å²) < 4.78 is 32.8.